The summed E-state index contributed by atoms with van der Waals surface area (Å²) in [4.78, 5) is 0. The highest BCUT2D eigenvalue weighted by atomic mass is 14.2. The van der Waals surface area contributed by atoms with Gasteiger partial charge in [0.05, 0.1) is 0 Å². The zero-order chi connectivity index (χ0) is 9.61. The lowest BCUT2D eigenvalue weighted by atomic mass is 9.86. The molecule has 0 aliphatic rings. The Bertz CT molecular complexity index is 187. The molecule has 0 aromatic heterocycles. The quantitative estimate of drug-likeness (QED) is 0.551. The van der Waals surface area contributed by atoms with Crippen LogP contribution in [0.15, 0.2) is 36.5 Å². The Morgan fingerprint density at radius 1 is 1.33 bits per heavy atom. The molecule has 0 amide bonds. The maximum Gasteiger partial charge on any atom is -0.0132 e. The van der Waals surface area contributed by atoms with Crippen LogP contribution in [-0.4, -0.2) is 0 Å². The van der Waals surface area contributed by atoms with Gasteiger partial charge in [-0.1, -0.05) is 58.6 Å². The molecule has 12 heavy (non-hydrogen) atoms. The SMILES string of the molecule is C=C/C=C(\C=C\CC)C(C)(C)C. The lowest BCUT2D eigenvalue weighted by molar-refractivity contribution is 0.517. The molecule has 0 saturated heterocycles. The average molecular weight is 164 g/mol. The first kappa shape index (κ1) is 11.2. The molecular weight excluding hydrogens is 144 g/mol. The third kappa shape index (κ3) is 4.17. The van der Waals surface area contributed by atoms with Crippen LogP contribution in [0.5, 0.6) is 0 Å². The Labute approximate surface area is 76.7 Å². The first-order chi connectivity index (χ1) is 5.52. The van der Waals surface area contributed by atoms with Gasteiger partial charge in [0.25, 0.3) is 0 Å². The second kappa shape index (κ2) is 4.97. The van der Waals surface area contributed by atoms with Crippen molar-refractivity contribution in [3.8, 4) is 0 Å². The van der Waals surface area contributed by atoms with Crippen molar-refractivity contribution >= 4 is 0 Å². The smallest absolute Gasteiger partial charge is 0.0132 e. The predicted molar refractivity (Wildman–Crippen MR) is 57.2 cm³/mol. The standard InChI is InChI=1S/C12H20/c1-6-8-10-11(9-7-2)12(3,4)5/h7-10H,2,6H2,1,3-5H3/b10-8+,11-9+. The Hall–Kier alpha value is -0.780. The Kier molecular flexibility index (Phi) is 4.65. The van der Waals surface area contributed by atoms with Gasteiger partial charge in [-0.15, -0.1) is 0 Å². The summed E-state index contributed by atoms with van der Waals surface area (Å²) in [5.74, 6) is 0. The molecule has 0 unspecified atom stereocenters. The second-order valence-electron chi connectivity index (χ2n) is 3.92. The van der Waals surface area contributed by atoms with Crippen LogP contribution in [0.2, 0.25) is 0 Å². The third-order valence-corrected chi connectivity index (χ3v) is 1.70. The summed E-state index contributed by atoms with van der Waals surface area (Å²) < 4.78 is 0. The largest absolute Gasteiger partial charge is 0.0991 e. The third-order valence-electron chi connectivity index (χ3n) is 1.70. The highest BCUT2D eigenvalue weighted by Gasteiger charge is 2.12. The highest BCUT2D eigenvalue weighted by molar-refractivity contribution is 5.27. The fourth-order valence-electron chi connectivity index (χ4n) is 0.927. The van der Waals surface area contributed by atoms with Gasteiger partial charge in [0.15, 0.2) is 0 Å². The van der Waals surface area contributed by atoms with Crippen molar-refractivity contribution in [3.05, 3.63) is 36.5 Å². The minimum absolute atomic E-state index is 0.222. The van der Waals surface area contributed by atoms with Gasteiger partial charge in [0.2, 0.25) is 0 Å². The van der Waals surface area contributed by atoms with E-state index in [2.05, 4.69) is 52.5 Å². The minimum atomic E-state index is 0.222. The topological polar surface area (TPSA) is 0 Å². The molecule has 0 aliphatic carbocycles. The Balaban J connectivity index is 4.57. The van der Waals surface area contributed by atoms with E-state index in [9.17, 15) is 0 Å². The molecule has 0 N–H and O–H groups in total. The molecule has 0 saturated carbocycles. The first-order valence-electron chi connectivity index (χ1n) is 4.52. The average Bonchev–Trinajstić information content (AvgIpc) is 1.95. The van der Waals surface area contributed by atoms with Crippen LogP contribution in [0, 0.1) is 5.41 Å². The zero-order valence-electron chi connectivity index (χ0n) is 8.72. The van der Waals surface area contributed by atoms with Crippen molar-refractivity contribution in [1.82, 2.24) is 0 Å². The molecule has 68 valence electrons. The fraction of sp³-hybridized carbons (Fsp3) is 0.500. The Morgan fingerprint density at radius 2 is 1.92 bits per heavy atom. The molecule has 0 rings (SSSR count). The van der Waals surface area contributed by atoms with E-state index in [-0.39, 0.29) is 5.41 Å². The van der Waals surface area contributed by atoms with Gasteiger partial charge in [0, 0.05) is 0 Å². The molecule has 0 radical (unpaired) electrons. The summed E-state index contributed by atoms with van der Waals surface area (Å²) in [6.45, 7) is 12.5. The van der Waals surface area contributed by atoms with Crippen molar-refractivity contribution in [1.29, 1.82) is 0 Å². The zero-order valence-corrected chi connectivity index (χ0v) is 8.72. The predicted octanol–water partition coefficient (Wildman–Crippen LogP) is 4.11. The summed E-state index contributed by atoms with van der Waals surface area (Å²) in [7, 11) is 0. The van der Waals surface area contributed by atoms with Gasteiger partial charge < -0.3 is 0 Å². The van der Waals surface area contributed by atoms with Gasteiger partial charge in [0.1, 0.15) is 0 Å². The van der Waals surface area contributed by atoms with Crippen molar-refractivity contribution in [3.63, 3.8) is 0 Å². The lowest BCUT2D eigenvalue weighted by Crippen LogP contribution is -2.07. The summed E-state index contributed by atoms with van der Waals surface area (Å²) in [6, 6.07) is 0. The molecule has 0 atom stereocenters. The summed E-state index contributed by atoms with van der Waals surface area (Å²) in [6.07, 6.45) is 9.37. The van der Waals surface area contributed by atoms with Crippen LogP contribution >= 0.6 is 0 Å². The monoisotopic (exact) mass is 164 g/mol. The summed E-state index contributed by atoms with van der Waals surface area (Å²) in [5, 5.41) is 0. The summed E-state index contributed by atoms with van der Waals surface area (Å²) >= 11 is 0. The molecule has 0 heterocycles. The maximum absolute atomic E-state index is 3.71. The van der Waals surface area contributed by atoms with E-state index in [0.29, 0.717) is 0 Å². The van der Waals surface area contributed by atoms with Crippen LogP contribution in [0.25, 0.3) is 0 Å². The lowest BCUT2D eigenvalue weighted by Gasteiger charge is -2.19. The van der Waals surface area contributed by atoms with Crippen LogP contribution in [0.4, 0.5) is 0 Å². The van der Waals surface area contributed by atoms with Gasteiger partial charge in [-0.05, 0) is 17.4 Å². The van der Waals surface area contributed by atoms with Crippen LogP contribution in [0.1, 0.15) is 34.1 Å². The van der Waals surface area contributed by atoms with E-state index in [1.54, 1.807) is 0 Å². The molecule has 0 aliphatic heterocycles. The molecule has 0 nitrogen and oxygen atoms in total. The van der Waals surface area contributed by atoms with Crippen LogP contribution < -0.4 is 0 Å². The van der Waals surface area contributed by atoms with E-state index >= 15 is 0 Å². The van der Waals surface area contributed by atoms with E-state index in [1.165, 1.54) is 5.57 Å². The number of hydrogen-bond donors (Lipinski definition) is 0. The normalized spacial score (nSPS) is 13.8. The van der Waals surface area contributed by atoms with E-state index in [1.807, 2.05) is 6.08 Å². The van der Waals surface area contributed by atoms with Crippen LogP contribution in [0.3, 0.4) is 0 Å². The minimum Gasteiger partial charge on any atom is -0.0991 e. The molecule has 0 bridgehead atoms. The molecule has 0 aromatic rings. The van der Waals surface area contributed by atoms with Crippen molar-refractivity contribution in [2.24, 2.45) is 5.41 Å². The van der Waals surface area contributed by atoms with Crippen molar-refractivity contribution < 1.29 is 0 Å². The molecule has 0 aromatic carbocycles. The second-order valence-corrected chi connectivity index (χ2v) is 3.92. The molecule has 0 spiro atoms. The maximum atomic E-state index is 3.71. The highest BCUT2D eigenvalue weighted by Crippen LogP contribution is 2.26. The summed E-state index contributed by atoms with van der Waals surface area (Å²) in [5.41, 5.74) is 1.55. The number of hydrogen-bond acceptors (Lipinski definition) is 0. The van der Waals surface area contributed by atoms with Gasteiger partial charge in [-0.2, -0.15) is 0 Å². The number of allylic oxidation sites excluding steroid dienone is 5. The van der Waals surface area contributed by atoms with Gasteiger partial charge in [-0.25, -0.2) is 0 Å². The first-order valence-corrected chi connectivity index (χ1v) is 4.52. The van der Waals surface area contributed by atoms with E-state index < -0.39 is 0 Å². The number of rotatable bonds is 3. The molecule has 0 heteroatoms. The fourth-order valence-corrected chi connectivity index (χ4v) is 0.927. The van der Waals surface area contributed by atoms with Crippen LogP contribution in [-0.2, 0) is 0 Å². The van der Waals surface area contributed by atoms with E-state index in [4.69, 9.17) is 0 Å². The molecular formula is C12H20. The Morgan fingerprint density at radius 3 is 2.25 bits per heavy atom. The molecule has 0 fully saturated rings. The van der Waals surface area contributed by atoms with E-state index in [0.717, 1.165) is 6.42 Å². The van der Waals surface area contributed by atoms with Gasteiger partial charge in [-0.3, -0.25) is 0 Å². The van der Waals surface area contributed by atoms with Crippen molar-refractivity contribution in [2.75, 3.05) is 0 Å². The van der Waals surface area contributed by atoms with Crippen molar-refractivity contribution in [2.45, 2.75) is 34.1 Å². The van der Waals surface area contributed by atoms with Gasteiger partial charge >= 0.3 is 0 Å².